The van der Waals surface area contributed by atoms with Crippen LogP contribution in [-0.4, -0.2) is 60.2 Å². The van der Waals surface area contributed by atoms with Crippen molar-refractivity contribution >= 4 is 39.2 Å². The number of ether oxygens (including phenoxy) is 1. The van der Waals surface area contributed by atoms with Crippen LogP contribution in [0.25, 0.3) is 0 Å². The summed E-state index contributed by atoms with van der Waals surface area (Å²) in [5.41, 5.74) is 0.519. The fourth-order valence-corrected chi connectivity index (χ4v) is 3.31. The number of carbonyl (C=O) groups is 1. The third-order valence-electron chi connectivity index (χ3n) is 3.91. The molecule has 1 aromatic rings. The number of benzene rings is 1. The van der Waals surface area contributed by atoms with E-state index in [0.29, 0.717) is 29.5 Å². The fraction of sp³-hybridized carbons (Fsp3) is 0.471. The van der Waals surface area contributed by atoms with Crippen LogP contribution < -0.4 is 10.1 Å². The van der Waals surface area contributed by atoms with Crippen molar-refractivity contribution in [1.29, 1.82) is 5.26 Å². The van der Waals surface area contributed by atoms with Crippen molar-refractivity contribution in [3.63, 3.8) is 0 Å². The Bertz CT molecular complexity index is 669. The smallest absolute Gasteiger partial charge is 0.257 e. The summed E-state index contributed by atoms with van der Waals surface area (Å²) in [6, 6.07) is 7.36. The summed E-state index contributed by atoms with van der Waals surface area (Å²) < 4.78 is 6.18. The highest BCUT2D eigenvalue weighted by atomic mass is 79.9. The van der Waals surface area contributed by atoms with Crippen molar-refractivity contribution in [2.45, 2.75) is 13.3 Å². The minimum atomic E-state index is -0.236. The van der Waals surface area contributed by atoms with Crippen LogP contribution in [0.1, 0.15) is 23.7 Å². The lowest BCUT2D eigenvalue weighted by Crippen LogP contribution is -2.52. The maximum atomic E-state index is 12.4. The molecule has 8 heteroatoms. The zero-order valence-electron chi connectivity index (χ0n) is 14.1. The van der Waals surface area contributed by atoms with Gasteiger partial charge >= 0.3 is 0 Å². The Hall–Kier alpha value is -1.69. The first kappa shape index (κ1) is 19.6. The molecule has 1 amide bonds. The molecule has 1 fully saturated rings. The molecule has 1 heterocycles. The molecule has 0 radical (unpaired) electrons. The first-order valence-electron chi connectivity index (χ1n) is 8.17. The Morgan fingerprint density at radius 1 is 1.40 bits per heavy atom. The number of halogens is 1. The second-order valence-electron chi connectivity index (χ2n) is 5.57. The predicted octanol–water partition coefficient (Wildman–Crippen LogP) is 2.39. The van der Waals surface area contributed by atoms with Gasteiger partial charge in [-0.1, -0.05) is 0 Å². The molecular weight excluding hydrogens is 404 g/mol. The van der Waals surface area contributed by atoms with Gasteiger partial charge in [0.1, 0.15) is 5.75 Å². The number of rotatable bonds is 5. The zero-order valence-corrected chi connectivity index (χ0v) is 16.5. The van der Waals surface area contributed by atoms with Crippen molar-refractivity contribution in [1.82, 2.24) is 15.1 Å². The summed E-state index contributed by atoms with van der Waals surface area (Å²) in [5.74, 6) is 0.468. The quantitative estimate of drug-likeness (QED) is 0.731. The van der Waals surface area contributed by atoms with E-state index in [-0.39, 0.29) is 5.91 Å². The molecule has 6 nitrogen and oxygen atoms in total. The summed E-state index contributed by atoms with van der Waals surface area (Å²) >= 11 is 8.77. The first-order chi connectivity index (χ1) is 12.0. The topological polar surface area (TPSA) is 68.6 Å². The zero-order chi connectivity index (χ0) is 18.2. The summed E-state index contributed by atoms with van der Waals surface area (Å²) in [6.45, 7) is 6.43. The second kappa shape index (κ2) is 9.70. The average Bonchev–Trinajstić information content (AvgIpc) is 2.62. The molecule has 134 valence electrons. The van der Waals surface area contributed by atoms with Gasteiger partial charge in [0.15, 0.2) is 5.11 Å². The third-order valence-corrected chi connectivity index (χ3v) is 4.89. The van der Waals surface area contributed by atoms with Crippen LogP contribution >= 0.6 is 28.1 Å². The van der Waals surface area contributed by atoms with Gasteiger partial charge < -0.3 is 9.64 Å². The Morgan fingerprint density at radius 3 is 2.72 bits per heavy atom. The van der Waals surface area contributed by atoms with Gasteiger partial charge in [0.25, 0.3) is 5.91 Å². The molecule has 1 aliphatic rings. The van der Waals surface area contributed by atoms with E-state index in [2.05, 4.69) is 32.2 Å². The standard InChI is InChI=1S/C17H21BrN4O2S/c1-2-24-15-5-4-13(12-14(15)18)16(23)20-17(25)22-10-8-21(9-11-22)7-3-6-19/h4-5,12H,2-3,7-11H2,1H3,(H,20,23,25). The van der Waals surface area contributed by atoms with E-state index < -0.39 is 0 Å². The number of piperazine rings is 1. The molecule has 0 bridgehead atoms. The number of hydrogen-bond acceptors (Lipinski definition) is 5. The van der Waals surface area contributed by atoms with Crippen LogP contribution in [0.4, 0.5) is 0 Å². The molecule has 0 spiro atoms. The molecule has 1 aliphatic heterocycles. The van der Waals surface area contributed by atoms with Crippen molar-refractivity contribution < 1.29 is 9.53 Å². The number of amides is 1. The Balaban J connectivity index is 1.87. The van der Waals surface area contributed by atoms with Crippen LogP contribution in [0, 0.1) is 11.3 Å². The molecule has 1 N–H and O–H groups in total. The molecular formula is C17H21BrN4O2S. The molecule has 0 unspecified atom stereocenters. The van der Waals surface area contributed by atoms with Crippen LogP contribution in [0.2, 0.25) is 0 Å². The van der Waals surface area contributed by atoms with Crippen LogP contribution in [0.15, 0.2) is 22.7 Å². The maximum Gasteiger partial charge on any atom is 0.257 e. The summed E-state index contributed by atoms with van der Waals surface area (Å²) in [7, 11) is 0. The maximum absolute atomic E-state index is 12.4. The normalized spacial score (nSPS) is 14.7. The Kier molecular flexibility index (Phi) is 7.62. The lowest BCUT2D eigenvalue weighted by atomic mass is 10.2. The SMILES string of the molecule is CCOc1ccc(C(=O)NC(=S)N2CCN(CCC#N)CC2)cc1Br. The van der Waals surface area contributed by atoms with Gasteiger partial charge in [0.05, 0.1) is 17.1 Å². The van der Waals surface area contributed by atoms with Gasteiger partial charge in [-0.3, -0.25) is 15.0 Å². The number of nitriles is 1. The molecule has 0 aromatic heterocycles. The Labute approximate surface area is 161 Å². The Morgan fingerprint density at radius 2 is 2.12 bits per heavy atom. The van der Waals surface area contributed by atoms with Crippen LogP contribution in [-0.2, 0) is 0 Å². The lowest BCUT2D eigenvalue weighted by molar-refractivity contribution is 0.0969. The van der Waals surface area contributed by atoms with E-state index in [9.17, 15) is 4.79 Å². The number of nitrogens with zero attached hydrogens (tertiary/aromatic N) is 3. The number of thiocarbonyl (C=S) groups is 1. The highest BCUT2D eigenvalue weighted by molar-refractivity contribution is 9.10. The molecule has 0 aliphatic carbocycles. The molecule has 25 heavy (non-hydrogen) atoms. The van der Waals surface area contributed by atoms with E-state index in [1.807, 2.05) is 11.8 Å². The lowest BCUT2D eigenvalue weighted by Gasteiger charge is -2.35. The van der Waals surface area contributed by atoms with Gasteiger partial charge in [-0.2, -0.15) is 5.26 Å². The number of carbonyl (C=O) groups excluding carboxylic acids is 1. The number of hydrogen-bond donors (Lipinski definition) is 1. The molecule has 1 saturated heterocycles. The van der Waals surface area contributed by atoms with E-state index in [1.165, 1.54) is 0 Å². The van der Waals surface area contributed by atoms with Crippen molar-refractivity contribution in [2.75, 3.05) is 39.3 Å². The third kappa shape index (κ3) is 5.66. The molecule has 0 atom stereocenters. The monoisotopic (exact) mass is 424 g/mol. The minimum absolute atomic E-state index is 0.236. The van der Waals surface area contributed by atoms with Gasteiger partial charge in [0.2, 0.25) is 0 Å². The van der Waals surface area contributed by atoms with Crippen LogP contribution in [0.5, 0.6) is 5.75 Å². The van der Waals surface area contributed by atoms with Gasteiger partial charge in [-0.25, -0.2) is 0 Å². The van der Waals surface area contributed by atoms with Crippen LogP contribution in [0.3, 0.4) is 0 Å². The predicted molar refractivity (Wildman–Crippen MR) is 104 cm³/mol. The second-order valence-corrected chi connectivity index (χ2v) is 6.82. The van der Waals surface area contributed by atoms with Gasteiger partial charge in [0, 0.05) is 44.7 Å². The summed E-state index contributed by atoms with van der Waals surface area (Å²) in [6.07, 6.45) is 0.536. The fourth-order valence-electron chi connectivity index (χ4n) is 2.55. The summed E-state index contributed by atoms with van der Waals surface area (Å²) in [4.78, 5) is 16.6. The highest BCUT2D eigenvalue weighted by Crippen LogP contribution is 2.26. The van der Waals surface area contributed by atoms with E-state index in [0.717, 1.165) is 37.2 Å². The van der Waals surface area contributed by atoms with Crippen molar-refractivity contribution in [3.8, 4) is 11.8 Å². The van der Waals surface area contributed by atoms with Gasteiger partial charge in [-0.15, -0.1) is 0 Å². The van der Waals surface area contributed by atoms with Crippen molar-refractivity contribution in [3.05, 3.63) is 28.2 Å². The molecule has 0 saturated carbocycles. The number of nitrogens with one attached hydrogen (secondary N) is 1. The van der Waals surface area contributed by atoms with Gasteiger partial charge in [-0.05, 0) is 53.3 Å². The van der Waals surface area contributed by atoms with E-state index in [4.69, 9.17) is 22.2 Å². The minimum Gasteiger partial charge on any atom is -0.493 e. The molecule has 2 rings (SSSR count). The average molecular weight is 425 g/mol. The first-order valence-corrected chi connectivity index (χ1v) is 9.37. The largest absolute Gasteiger partial charge is 0.493 e. The highest BCUT2D eigenvalue weighted by Gasteiger charge is 2.20. The van der Waals surface area contributed by atoms with Crippen molar-refractivity contribution in [2.24, 2.45) is 0 Å². The van der Waals surface area contributed by atoms with E-state index >= 15 is 0 Å². The molecule has 1 aromatic carbocycles. The van der Waals surface area contributed by atoms with E-state index in [1.54, 1.807) is 18.2 Å². The summed E-state index contributed by atoms with van der Waals surface area (Å²) in [5, 5.41) is 11.9.